The van der Waals surface area contributed by atoms with Gasteiger partial charge in [-0.15, -0.1) is 0 Å². The molecular formula is C15H10FNO2. The first-order valence-electron chi connectivity index (χ1n) is 5.56. The smallest absolute Gasteiger partial charge is 0.336 e. The van der Waals surface area contributed by atoms with Crippen LogP contribution in [-0.2, 0) is 0 Å². The normalized spacial score (nSPS) is 9.95. The van der Waals surface area contributed by atoms with Crippen LogP contribution in [0.2, 0.25) is 0 Å². The Morgan fingerprint density at radius 2 is 2.00 bits per heavy atom. The Bertz CT molecular complexity index is 702. The SMILES string of the molecule is Cc1ccc(-c2cc(F)cc(C#N)c2)c(C(=O)O)c1. The average molecular weight is 255 g/mol. The Balaban J connectivity index is 2.69. The highest BCUT2D eigenvalue weighted by Crippen LogP contribution is 2.26. The van der Waals surface area contributed by atoms with Crippen LogP contribution in [-0.4, -0.2) is 11.1 Å². The summed E-state index contributed by atoms with van der Waals surface area (Å²) in [6.45, 7) is 1.78. The third kappa shape index (κ3) is 2.61. The molecule has 0 spiro atoms. The molecule has 19 heavy (non-hydrogen) atoms. The summed E-state index contributed by atoms with van der Waals surface area (Å²) < 4.78 is 13.4. The number of hydrogen-bond acceptors (Lipinski definition) is 2. The van der Waals surface area contributed by atoms with Crippen molar-refractivity contribution in [1.82, 2.24) is 0 Å². The fraction of sp³-hybridized carbons (Fsp3) is 0.0667. The monoisotopic (exact) mass is 255 g/mol. The third-order valence-electron chi connectivity index (χ3n) is 2.74. The maximum atomic E-state index is 13.4. The largest absolute Gasteiger partial charge is 0.478 e. The molecule has 0 bridgehead atoms. The number of halogens is 1. The molecule has 4 heteroatoms. The van der Waals surface area contributed by atoms with Gasteiger partial charge in [0.1, 0.15) is 5.82 Å². The van der Waals surface area contributed by atoms with E-state index in [1.807, 2.05) is 6.07 Å². The summed E-state index contributed by atoms with van der Waals surface area (Å²) in [5.41, 5.74) is 1.84. The zero-order valence-electron chi connectivity index (χ0n) is 10.1. The van der Waals surface area contributed by atoms with Crippen molar-refractivity contribution in [2.75, 3.05) is 0 Å². The number of aryl methyl sites for hydroxylation is 1. The van der Waals surface area contributed by atoms with Gasteiger partial charge in [-0.1, -0.05) is 17.7 Å². The van der Waals surface area contributed by atoms with E-state index in [2.05, 4.69) is 0 Å². The summed E-state index contributed by atoms with van der Waals surface area (Å²) >= 11 is 0. The first-order valence-corrected chi connectivity index (χ1v) is 5.56. The first-order chi connectivity index (χ1) is 9.01. The zero-order valence-corrected chi connectivity index (χ0v) is 10.1. The van der Waals surface area contributed by atoms with Crippen LogP contribution in [0.15, 0.2) is 36.4 Å². The number of hydrogen-bond donors (Lipinski definition) is 1. The van der Waals surface area contributed by atoms with Crippen LogP contribution in [0, 0.1) is 24.1 Å². The fourth-order valence-electron chi connectivity index (χ4n) is 1.90. The van der Waals surface area contributed by atoms with Gasteiger partial charge < -0.3 is 5.11 Å². The second kappa shape index (κ2) is 4.91. The number of carbonyl (C=O) groups is 1. The minimum absolute atomic E-state index is 0.0921. The number of nitrogens with zero attached hydrogens (tertiary/aromatic N) is 1. The maximum Gasteiger partial charge on any atom is 0.336 e. The van der Waals surface area contributed by atoms with Gasteiger partial charge in [0.15, 0.2) is 0 Å². The summed E-state index contributed by atoms with van der Waals surface area (Å²) in [6, 6.07) is 10.5. The molecule has 0 atom stereocenters. The van der Waals surface area contributed by atoms with Gasteiger partial charge in [-0.05, 0) is 42.3 Å². The molecule has 1 N–H and O–H groups in total. The maximum absolute atomic E-state index is 13.4. The average Bonchev–Trinajstić information content (AvgIpc) is 2.37. The molecule has 0 aliphatic rings. The van der Waals surface area contributed by atoms with Crippen molar-refractivity contribution in [3.05, 3.63) is 58.9 Å². The second-order valence-corrected chi connectivity index (χ2v) is 4.19. The lowest BCUT2D eigenvalue weighted by atomic mass is 9.96. The van der Waals surface area contributed by atoms with Gasteiger partial charge in [-0.3, -0.25) is 0 Å². The molecule has 0 aliphatic heterocycles. The van der Waals surface area contributed by atoms with Crippen LogP contribution < -0.4 is 0 Å². The highest BCUT2D eigenvalue weighted by molar-refractivity contribution is 5.96. The highest BCUT2D eigenvalue weighted by atomic mass is 19.1. The first kappa shape index (κ1) is 12.8. The molecule has 94 valence electrons. The number of carboxylic acids is 1. The molecule has 0 amide bonds. The van der Waals surface area contributed by atoms with E-state index in [4.69, 9.17) is 5.26 Å². The molecule has 0 fully saturated rings. The molecule has 3 nitrogen and oxygen atoms in total. The van der Waals surface area contributed by atoms with Gasteiger partial charge in [0.2, 0.25) is 0 Å². The predicted octanol–water partition coefficient (Wildman–Crippen LogP) is 3.37. The van der Waals surface area contributed by atoms with E-state index in [1.54, 1.807) is 19.1 Å². The fourth-order valence-corrected chi connectivity index (χ4v) is 1.90. The summed E-state index contributed by atoms with van der Waals surface area (Å²) in [6.07, 6.45) is 0. The van der Waals surface area contributed by atoms with E-state index >= 15 is 0 Å². The lowest BCUT2D eigenvalue weighted by Gasteiger charge is -2.08. The molecule has 2 aromatic rings. The van der Waals surface area contributed by atoms with Crippen LogP contribution in [0.25, 0.3) is 11.1 Å². The van der Waals surface area contributed by atoms with E-state index < -0.39 is 11.8 Å². The number of carboxylic acid groups (broad SMARTS) is 1. The Kier molecular flexibility index (Phi) is 3.30. The number of rotatable bonds is 2. The third-order valence-corrected chi connectivity index (χ3v) is 2.74. The van der Waals surface area contributed by atoms with Gasteiger partial charge in [0.05, 0.1) is 17.2 Å². The second-order valence-electron chi connectivity index (χ2n) is 4.19. The van der Waals surface area contributed by atoms with Crippen molar-refractivity contribution in [2.24, 2.45) is 0 Å². The lowest BCUT2D eigenvalue weighted by molar-refractivity contribution is 0.0697. The molecule has 0 aliphatic carbocycles. The van der Waals surface area contributed by atoms with Crippen molar-refractivity contribution in [3.63, 3.8) is 0 Å². The molecule has 2 aromatic carbocycles. The van der Waals surface area contributed by atoms with Gasteiger partial charge >= 0.3 is 5.97 Å². The van der Waals surface area contributed by atoms with Crippen molar-refractivity contribution in [3.8, 4) is 17.2 Å². The molecule has 0 unspecified atom stereocenters. The van der Waals surface area contributed by atoms with Gasteiger partial charge in [0.25, 0.3) is 0 Å². The Morgan fingerprint density at radius 3 is 2.63 bits per heavy atom. The minimum atomic E-state index is -1.08. The molecule has 0 heterocycles. The van der Waals surface area contributed by atoms with Crippen LogP contribution in [0.5, 0.6) is 0 Å². The van der Waals surface area contributed by atoms with E-state index in [0.717, 1.165) is 11.6 Å². The van der Waals surface area contributed by atoms with Gasteiger partial charge in [-0.2, -0.15) is 5.26 Å². The van der Waals surface area contributed by atoms with Crippen LogP contribution >= 0.6 is 0 Å². The van der Waals surface area contributed by atoms with E-state index in [0.29, 0.717) is 11.1 Å². The molecular weight excluding hydrogens is 245 g/mol. The highest BCUT2D eigenvalue weighted by Gasteiger charge is 2.13. The Morgan fingerprint density at radius 1 is 1.26 bits per heavy atom. The number of aromatic carboxylic acids is 1. The summed E-state index contributed by atoms with van der Waals surface area (Å²) in [4.78, 5) is 11.2. The Labute approximate surface area is 109 Å². The molecule has 0 saturated carbocycles. The molecule has 0 saturated heterocycles. The van der Waals surface area contributed by atoms with Crippen LogP contribution in [0.4, 0.5) is 4.39 Å². The van der Waals surface area contributed by atoms with Crippen molar-refractivity contribution < 1.29 is 14.3 Å². The van der Waals surface area contributed by atoms with Gasteiger partial charge in [0, 0.05) is 0 Å². The van der Waals surface area contributed by atoms with E-state index in [9.17, 15) is 14.3 Å². The van der Waals surface area contributed by atoms with E-state index in [-0.39, 0.29) is 11.1 Å². The number of nitriles is 1. The molecule has 2 rings (SSSR count). The zero-order chi connectivity index (χ0) is 14.0. The summed E-state index contributed by atoms with van der Waals surface area (Å²) in [7, 11) is 0. The minimum Gasteiger partial charge on any atom is -0.478 e. The quantitative estimate of drug-likeness (QED) is 0.894. The Hall–Kier alpha value is -2.67. The van der Waals surface area contributed by atoms with Gasteiger partial charge in [-0.25, -0.2) is 9.18 Å². The topological polar surface area (TPSA) is 61.1 Å². The van der Waals surface area contributed by atoms with Crippen LogP contribution in [0.3, 0.4) is 0 Å². The van der Waals surface area contributed by atoms with E-state index in [1.165, 1.54) is 18.2 Å². The van der Waals surface area contributed by atoms with Crippen molar-refractivity contribution >= 4 is 5.97 Å². The van der Waals surface area contributed by atoms with Crippen LogP contribution in [0.1, 0.15) is 21.5 Å². The van der Waals surface area contributed by atoms with Crippen molar-refractivity contribution in [1.29, 1.82) is 5.26 Å². The summed E-state index contributed by atoms with van der Waals surface area (Å²) in [5, 5.41) is 18.0. The molecule has 0 aromatic heterocycles. The predicted molar refractivity (Wildman–Crippen MR) is 68.2 cm³/mol. The van der Waals surface area contributed by atoms with Crippen molar-refractivity contribution in [2.45, 2.75) is 6.92 Å². The standard InChI is InChI=1S/C15H10FNO2/c1-9-2-3-13(14(4-9)15(18)19)11-5-10(8-17)6-12(16)7-11/h2-7H,1H3,(H,18,19). The lowest BCUT2D eigenvalue weighted by Crippen LogP contribution is -2.00. The summed E-state index contributed by atoms with van der Waals surface area (Å²) in [5.74, 6) is -1.65. The molecule has 0 radical (unpaired) electrons. The number of benzene rings is 2.